The van der Waals surface area contributed by atoms with Gasteiger partial charge in [0.1, 0.15) is 12.1 Å². The highest BCUT2D eigenvalue weighted by molar-refractivity contribution is 5.97. The minimum Gasteiger partial charge on any atom is -0.467 e. The summed E-state index contributed by atoms with van der Waals surface area (Å²) in [6.45, 7) is 1.10. The van der Waals surface area contributed by atoms with Gasteiger partial charge in [0.25, 0.3) is 11.8 Å². The van der Waals surface area contributed by atoms with E-state index >= 15 is 0 Å². The Hall–Kier alpha value is -4.62. The molecule has 14 nitrogen and oxygen atoms in total. The second-order valence-electron chi connectivity index (χ2n) is 12.2. The number of hydrogen-bond acceptors (Lipinski definition) is 7. The Bertz CT molecular complexity index is 1430. The van der Waals surface area contributed by atoms with Crippen molar-refractivity contribution in [3.8, 4) is 11.6 Å². The van der Waals surface area contributed by atoms with Gasteiger partial charge in [-0.1, -0.05) is 18.2 Å². The summed E-state index contributed by atoms with van der Waals surface area (Å²) in [6.07, 6.45) is 4.96. The second kappa shape index (κ2) is 13.2. The molecular weight excluding hydrogens is 582 g/mol. The summed E-state index contributed by atoms with van der Waals surface area (Å²) in [6, 6.07) is 9.41. The average Bonchev–Trinajstić information content (AvgIpc) is 3.58. The average molecular weight is 622 g/mol. The van der Waals surface area contributed by atoms with Crippen molar-refractivity contribution in [3.05, 3.63) is 42.1 Å². The van der Waals surface area contributed by atoms with Crippen molar-refractivity contribution in [1.82, 2.24) is 35.1 Å². The number of piperazine rings is 1. The van der Waals surface area contributed by atoms with Gasteiger partial charge in [-0.15, -0.1) is 0 Å². The van der Waals surface area contributed by atoms with Crippen LogP contribution in [-0.4, -0.2) is 117 Å². The number of rotatable bonds is 10. The normalized spacial score (nSPS) is 20.7. The zero-order chi connectivity index (χ0) is 31.5. The molecule has 2 aliphatic heterocycles. The highest BCUT2D eigenvalue weighted by atomic mass is 16.5. The second-order valence-corrected chi connectivity index (χ2v) is 12.2. The summed E-state index contributed by atoms with van der Waals surface area (Å²) in [4.78, 5) is 68.6. The monoisotopic (exact) mass is 621 g/mol. The third kappa shape index (κ3) is 6.89. The topological polar surface area (TPSA) is 166 Å². The Morgan fingerprint density at radius 2 is 1.62 bits per heavy atom. The van der Waals surface area contributed by atoms with Gasteiger partial charge < -0.3 is 35.2 Å². The fourth-order valence-corrected chi connectivity index (χ4v) is 6.08. The maximum Gasteiger partial charge on any atom is 0.407 e. The van der Waals surface area contributed by atoms with Crippen LogP contribution in [0, 0.1) is 5.92 Å². The molecule has 45 heavy (non-hydrogen) atoms. The molecule has 1 aromatic heterocycles. The summed E-state index contributed by atoms with van der Waals surface area (Å²) in [7, 11) is 0. The number of para-hydroxylation sites is 1. The molecule has 6 rings (SSSR count). The van der Waals surface area contributed by atoms with Crippen molar-refractivity contribution in [2.45, 2.75) is 63.1 Å². The van der Waals surface area contributed by atoms with Gasteiger partial charge in [0.15, 0.2) is 12.3 Å². The number of nitrogens with zero attached hydrogens (tertiary/aromatic N) is 5. The lowest BCUT2D eigenvalue weighted by molar-refractivity contribution is -0.140. The molecule has 4 aliphatic rings. The van der Waals surface area contributed by atoms with Crippen molar-refractivity contribution in [2.24, 2.45) is 5.92 Å². The molecule has 5 amide bonds. The SMILES string of the molecule is O=C(N[C@H](C(=O)N1CCN(C(=O)O)CC1)C1CC1)c1cc(OCC(=O)N2CCC[C@H]2C(=O)NC2CCC2)n(-c2ccccc2)n1. The smallest absolute Gasteiger partial charge is 0.407 e. The van der Waals surface area contributed by atoms with Gasteiger partial charge in [-0.3, -0.25) is 19.2 Å². The number of likely N-dealkylation sites (tertiary alicyclic amines) is 1. The van der Waals surface area contributed by atoms with Crippen LogP contribution in [0.1, 0.15) is 55.4 Å². The van der Waals surface area contributed by atoms with E-state index in [2.05, 4.69) is 15.7 Å². The van der Waals surface area contributed by atoms with Crippen LogP contribution < -0.4 is 15.4 Å². The molecule has 240 valence electrons. The van der Waals surface area contributed by atoms with E-state index in [1.165, 1.54) is 15.6 Å². The molecule has 2 aliphatic carbocycles. The maximum absolute atomic E-state index is 13.5. The van der Waals surface area contributed by atoms with Crippen LogP contribution in [0.25, 0.3) is 5.69 Å². The number of ether oxygens (including phenoxy) is 1. The molecule has 2 saturated heterocycles. The van der Waals surface area contributed by atoms with E-state index in [9.17, 15) is 29.1 Å². The van der Waals surface area contributed by atoms with Gasteiger partial charge in [-0.2, -0.15) is 5.10 Å². The van der Waals surface area contributed by atoms with E-state index < -0.39 is 24.1 Å². The van der Waals surface area contributed by atoms with Gasteiger partial charge >= 0.3 is 6.09 Å². The first-order valence-corrected chi connectivity index (χ1v) is 15.7. The number of aromatic nitrogens is 2. The van der Waals surface area contributed by atoms with Crippen LogP contribution in [0.5, 0.6) is 5.88 Å². The third-order valence-corrected chi connectivity index (χ3v) is 9.09. The molecule has 1 aromatic carbocycles. The molecular formula is C31H39N7O7. The van der Waals surface area contributed by atoms with Gasteiger partial charge in [-0.25, -0.2) is 9.48 Å². The Labute approximate surface area is 260 Å². The van der Waals surface area contributed by atoms with Crippen LogP contribution in [0.2, 0.25) is 0 Å². The number of amides is 5. The summed E-state index contributed by atoms with van der Waals surface area (Å²) < 4.78 is 7.38. The van der Waals surface area contributed by atoms with E-state index in [1.54, 1.807) is 21.9 Å². The number of carbonyl (C=O) groups excluding carboxylic acids is 4. The van der Waals surface area contributed by atoms with E-state index in [1.807, 2.05) is 18.2 Å². The largest absolute Gasteiger partial charge is 0.467 e. The molecule has 2 atom stereocenters. The molecule has 0 spiro atoms. The third-order valence-electron chi connectivity index (χ3n) is 9.09. The van der Waals surface area contributed by atoms with Crippen LogP contribution in [0.3, 0.4) is 0 Å². The lowest BCUT2D eigenvalue weighted by Gasteiger charge is -2.35. The summed E-state index contributed by atoms with van der Waals surface area (Å²) >= 11 is 0. The molecule has 3 N–H and O–H groups in total. The van der Waals surface area contributed by atoms with Gasteiger partial charge in [0.2, 0.25) is 17.7 Å². The number of carboxylic acid groups (broad SMARTS) is 1. The van der Waals surface area contributed by atoms with Crippen LogP contribution in [0.15, 0.2) is 36.4 Å². The van der Waals surface area contributed by atoms with Crippen LogP contribution >= 0.6 is 0 Å². The Balaban J connectivity index is 1.13. The fourth-order valence-electron chi connectivity index (χ4n) is 6.08. The zero-order valence-electron chi connectivity index (χ0n) is 25.1. The highest BCUT2D eigenvalue weighted by Crippen LogP contribution is 2.34. The molecule has 3 heterocycles. The molecule has 0 unspecified atom stereocenters. The predicted octanol–water partition coefficient (Wildman–Crippen LogP) is 1.24. The minimum atomic E-state index is -1.02. The first-order chi connectivity index (χ1) is 21.8. The van der Waals surface area contributed by atoms with Crippen LogP contribution in [0.4, 0.5) is 4.79 Å². The van der Waals surface area contributed by atoms with E-state index in [4.69, 9.17) is 4.74 Å². The molecule has 14 heteroatoms. The lowest BCUT2D eigenvalue weighted by atomic mass is 9.93. The van der Waals surface area contributed by atoms with Crippen molar-refractivity contribution in [1.29, 1.82) is 0 Å². The van der Waals surface area contributed by atoms with Gasteiger partial charge in [0.05, 0.1) is 5.69 Å². The number of hydrogen-bond donors (Lipinski definition) is 3. The number of nitrogens with one attached hydrogen (secondary N) is 2. The Morgan fingerprint density at radius 3 is 2.27 bits per heavy atom. The Kier molecular flexibility index (Phi) is 8.90. The van der Waals surface area contributed by atoms with Crippen molar-refractivity contribution < 1.29 is 33.8 Å². The molecule has 0 bridgehead atoms. The molecule has 2 saturated carbocycles. The quantitative estimate of drug-likeness (QED) is 0.356. The van der Waals surface area contributed by atoms with Crippen molar-refractivity contribution in [3.63, 3.8) is 0 Å². The minimum absolute atomic E-state index is 0.00148. The van der Waals surface area contributed by atoms with E-state index in [0.29, 0.717) is 18.7 Å². The number of benzene rings is 1. The fraction of sp³-hybridized carbons (Fsp3) is 0.548. The van der Waals surface area contributed by atoms with Crippen LogP contribution in [-0.2, 0) is 14.4 Å². The molecule has 2 aromatic rings. The van der Waals surface area contributed by atoms with Crippen molar-refractivity contribution in [2.75, 3.05) is 39.3 Å². The van der Waals surface area contributed by atoms with Gasteiger partial charge in [-0.05, 0) is 63.0 Å². The number of carbonyl (C=O) groups is 5. The van der Waals surface area contributed by atoms with Gasteiger partial charge in [0, 0.05) is 44.8 Å². The predicted molar refractivity (Wildman–Crippen MR) is 160 cm³/mol. The standard InChI is InChI=1S/C31H39N7O7/c39-25(37-13-5-10-24(37)29(41)32-21-6-4-7-21)19-45-26-18-23(34-38(26)22-8-2-1-3-9-22)28(40)33-27(20-11-12-20)30(42)35-14-16-36(17-15-35)31(43)44/h1-3,8-9,18,20-21,24,27H,4-7,10-17,19H2,(H,32,41)(H,33,40)(H,43,44)/t24-,27-/m0/s1. The summed E-state index contributed by atoms with van der Waals surface area (Å²) in [5.41, 5.74) is 0.637. The Morgan fingerprint density at radius 1 is 0.911 bits per heavy atom. The summed E-state index contributed by atoms with van der Waals surface area (Å²) in [5.74, 6) is -1.06. The van der Waals surface area contributed by atoms with E-state index in [0.717, 1.165) is 38.5 Å². The zero-order valence-corrected chi connectivity index (χ0v) is 25.1. The van der Waals surface area contributed by atoms with E-state index in [-0.39, 0.29) is 74.0 Å². The first kappa shape index (κ1) is 30.4. The molecule has 0 radical (unpaired) electrons. The van der Waals surface area contributed by atoms with Crippen molar-refractivity contribution >= 4 is 29.7 Å². The maximum atomic E-state index is 13.5. The first-order valence-electron chi connectivity index (χ1n) is 15.7. The lowest BCUT2D eigenvalue weighted by Crippen LogP contribution is -2.56. The molecule has 4 fully saturated rings. The highest BCUT2D eigenvalue weighted by Gasteiger charge is 2.41. The summed E-state index contributed by atoms with van der Waals surface area (Å²) in [5, 5.41) is 19.6.